The van der Waals surface area contributed by atoms with Crippen LogP contribution in [0.4, 0.5) is 5.69 Å². The Morgan fingerprint density at radius 1 is 0.972 bits per heavy atom. The highest BCUT2D eigenvalue weighted by molar-refractivity contribution is 6.51. The van der Waals surface area contributed by atoms with E-state index in [2.05, 4.69) is 0 Å². The minimum absolute atomic E-state index is 0.00161. The first kappa shape index (κ1) is 25.3. The van der Waals surface area contributed by atoms with Crippen LogP contribution < -0.4 is 14.4 Å². The standard InChI is InChI=1S/C29H28ClNO5/c1-16(2)22-14-19(9-13-24(22)36-5)27(32)25-26(18-7-11-21(35-4)12-8-18)31(29(34)28(25)33)20-10-6-17(3)23(30)15-20/h6-16,26,32H,1-5H3/b27-25-. The molecule has 1 heterocycles. The van der Waals surface area contributed by atoms with Gasteiger partial charge in [-0.25, -0.2) is 0 Å². The van der Waals surface area contributed by atoms with E-state index in [1.807, 2.05) is 20.8 Å². The first-order valence-corrected chi connectivity index (χ1v) is 11.9. The Morgan fingerprint density at radius 3 is 2.25 bits per heavy atom. The van der Waals surface area contributed by atoms with Gasteiger partial charge in [-0.1, -0.05) is 43.6 Å². The largest absolute Gasteiger partial charge is 0.507 e. The van der Waals surface area contributed by atoms with Gasteiger partial charge in [-0.15, -0.1) is 0 Å². The third-order valence-electron chi connectivity index (χ3n) is 6.43. The number of hydrogen-bond donors (Lipinski definition) is 1. The zero-order chi connectivity index (χ0) is 26.1. The van der Waals surface area contributed by atoms with Crippen molar-refractivity contribution in [3.8, 4) is 11.5 Å². The molecule has 1 aliphatic rings. The molecule has 0 spiro atoms. The van der Waals surface area contributed by atoms with Crippen LogP contribution in [0.25, 0.3) is 5.76 Å². The summed E-state index contributed by atoms with van der Waals surface area (Å²) >= 11 is 6.37. The number of aryl methyl sites for hydroxylation is 1. The highest BCUT2D eigenvalue weighted by Gasteiger charge is 2.47. The van der Waals surface area contributed by atoms with Crippen molar-refractivity contribution in [2.24, 2.45) is 0 Å². The van der Waals surface area contributed by atoms with E-state index < -0.39 is 17.7 Å². The molecule has 1 saturated heterocycles. The van der Waals surface area contributed by atoms with Gasteiger partial charge in [0.15, 0.2) is 0 Å². The van der Waals surface area contributed by atoms with Crippen LogP contribution in [0.3, 0.4) is 0 Å². The lowest BCUT2D eigenvalue weighted by molar-refractivity contribution is -0.132. The first-order chi connectivity index (χ1) is 17.2. The topological polar surface area (TPSA) is 76.1 Å². The Hall–Kier alpha value is -3.77. The minimum atomic E-state index is -0.862. The van der Waals surface area contributed by atoms with Gasteiger partial charge >= 0.3 is 0 Å². The number of carbonyl (C=O) groups excluding carboxylic acids is 2. The van der Waals surface area contributed by atoms with Crippen LogP contribution in [0.2, 0.25) is 5.02 Å². The fraction of sp³-hybridized carbons (Fsp3) is 0.241. The van der Waals surface area contributed by atoms with Crippen LogP contribution in [0.5, 0.6) is 11.5 Å². The maximum atomic E-state index is 13.4. The van der Waals surface area contributed by atoms with Gasteiger partial charge in [-0.2, -0.15) is 0 Å². The molecular formula is C29H28ClNO5. The Balaban J connectivity index is 1.95. The van der Waals surface area contributed by atoms with Gasteiger partial charge in [0.1, 0.15) is 17.3 Å². The van der Waals surface area contributed by atoms with Crippen molar-refractivity contribution >= 4 is 34.7 Å². The number of anilines is 1. The molecule has 6 nitrogen and oxygen atoms in total. The van der Waals surface area contributed by atoms with Crippen LogP contribution in [0.1, 0.15) is 48.1 Å². The lowest BCUT2D eigenvalue weighted by Crippen LogP contribution is -2.29. The van der Waals surface area contributed by atoms with Gasteiger partial charge in [0.25, 0.3) is 11.7 Å². The van der Waals surface area contributed by atoms with Crippen LogP contribution in [0, 0.1) is 6.92 Å². The number of aliphatic hydroxyl groups is 1. The van der Waals surface area contributed by atoms with Crippen molar-refractivity contribution in [2.45, 2.75) is 32.7 Å². The molecular weight excluding hydrogens is 478 g/mol. The zero-order valence-electron chi connectivity index (χ0n) is 20.8. The van der Waals surface area contributed by atoms with Gasteiger partial charge in [0, 0.05) is 16.3 Å². The summed E-state index contributed by atoms with van der Waals surface area (Å²) in [4.78, 5) is 28.2. The average Bonchev–Trinajstić information content (AvgIpc) is 3.15. The SMILES string of the molecule is COc1ccc(C2/C(=C(/O)c3ccc(OC)c(C(C)C)c3)C(=O)C(=O)N2c2ccc(C)c(Cl)c2)cc1. The molecule has 186 valence electrons. The highest BCUT2D eigenvalue weighted by atomic mass is 35.5. The zero-order valence-corrected chi connectivity index (χ0v) is 21.6. The summed E-state index contributed by atoms with van der Waals surface area (Å²) < 4.78 is 10.7. The van der Waals surface area contributed by atoms with Crippen molar-refractivity contribution in [1.82, 2.24) is 0 Å². The van der Waals surface area contributed by atoms with Gasteiger partial charge in [0.2, 0.25) is 0 Å². The summed E-state index contributed by atoms with van der Waals surface area (Å²) in [5, 5.41) is 11.9. The maximum Gasteiger partial charge on any atom is 0.300 e. The number of rotatable bonds is 6. The second-order valence-corrected chi connectivity index (χ2v) is 9.39. The van der Waals surface area contributed by atoms with Crippen molar-refractivity contribution in [3.05, 3.63) is 93.5 Å². The number of ketones is 1. The molecule has 0 aromatic heterocycles. The molecule has 1 N–H and O–H groups in total. The van der Waals surface area contributed by atoms with Crippen molar-refractivity contribution < 1.29 is 24.2 Å². The number of hydrogen-bond acceptors (Lipinski definition) is 5. The molecule has 1 amide bonds. The second kappa shape index (κ2) is 10.1. The van der Waals surface area contributed by atoms with E-state index in [9.17, 15) is 14.7 Å². The number of methoxy groups -OCH3 is 2. The predicted octanol–water partition coefficient (Wildman–Crippen LogP) is 6.42. The fourth-order valence-corrected chi connectivity index (χ4v) is 4.60. The van der Waals surface area contributed by atoms with E-state index in [1.54, 1.807) is 74.9 Å². The highest BCUT2D eigenvalue weighted by Crippen LogP contribution is 2.43. The number of ether oxygens (including phenoxy) is 2. The molecule has 1 unspecified atom stereocenters. The lowest BCUT2D eigenvalue weighted by atomic mass is 9.93. The van der Waals surface area contributed by atoms with E-state index in [4.69, 9.17) is 21.1 Å². The van der Waals surface area contributed by atoms with Gasteiger partial charge < -0.3 is 14.6 Å². The van der Waals surface area contributed by atoms with Gasteiger partial charge in [-0.05, 0) is 72.0 Å². The second-order valence-electron chi connectivity index (χ2n) is 8.99. The molecule has 0 saturated carbocycles. The molecule has 1 atom stereocenters. The molecule has 3 aromatic rings. The summed E-state index contributed by atoms with van der Waals surface area (Å²) in [6.07, 6.45) is 0. The monoisotopic (exact) mass is 505 g/mol. The number of benzene rings is 3. The Kier molecular flexibility index (Phi) is 7.09. The van der Waals surface area contributed by atoms with Gasteiger partial charge in [-0.3, -0.25) is 14.5 Å². The molecule has 7 heteroatoms. The Labute approximate surface area is 215 Å². The fourth-order valence-electron chi connectivity index (χ4n) is 4.42. The number of Topliss-reactive ketones (excluding diaryl/α,β-unsaturated/α-hetero) is 1. The molecule has 4 rings (SSSR count). The third kappa shape index (κ3) is 4.44. The summed E-state index contributed by atoms with van der Waals surface area (Å²) in [5.74, 6) is -0.336. The summed E-state index contributed by atoms with van der Waals surface area (Å²) in [5.41, 5.74) is 3.26. The van der Waals surface area contributed by atoms with Crippen LogP contribution in [0.15, 0.2) is 66.2 Å². The molecule has 0 aliphatic carbocycles. The summed E-state index contributed by atoms with van der Waals surface area (Å²) in [6, 6.07) is 16.6. The molecule has 1 fully saturated rings. The molecule has 0 radical (unpaired) electrons. The third-order valence-corrected chi connectivity index (χ3v) is 6.84. The molecule has 0 bridgehead atoms. The Bertz CT molecular complexity index is 1360. The Morgan fingerprint density at radius 2 is 1.67 bits per heavy atom. The maximum absolute atomic E-state index is 13.4. The van der Waals surface area contributed by atoms with Crippen molar-refractivity contribution in [1.29, 1.82) is 0 Å². The average molecular weight is 506 g/mol. The van der Waals surface area contributed by atoms with E-state index in [0.717, 1.165) is 11.1 Å². The van der Waals surface area contributed by atoms with E-state index >= 15 is 0 Å². The molecule has 3 aromatic carbocycles. The number of aliphatic hydroxyl groups excluding tert-OH is 1. The predicted molar refractivity (Wildman–Crippen MR) is 141 cm³/mol. The van der Waals surface area contributed by atoms with Crippen LogP contribution >= 0.6 is 11.6 Å². The lowest BCUT2D eigenvalue weighted by Gasteiger charge is -2.26. The van der Waals surface area contributed by atoms with Crippen molar-refractivity contribution in [3.63, 3.8) is 0 Å². The normalized spacial score (nSPS) is 17.1. The number of amides is 1. The molecule has 36 heavy (non-hydrogen) atoms. The molecule has 1 aliphatic heterocycles. The van der Waals surface area contributed by atoms with Crippen LogP contribution in [-0.4, -0.2) is 31.0 Å². The first-order valence-electron chi connectivity index (χ1n) is 11.6. The van der Waals surface area contributed by atoms with E-state index in [1.165, 1.54) is 4.90 Å². The number of carbonyl (C=O) groups is 2. The summed E-state index contributed by atoms with van der Waals surface area (Å²) in [6.45, 7) is 5.88. The smallest absolute Gasteiger partial charge is 0.300 e. The van der Waals surface area contributed by atoms with E-state index in [-0.39, 0.29) is 17.3 Å². The van der Waals surface area contributed by atoms with Gasteiger partial charge in [0.05, 0.1) is 25.8 Å². The van der Waals surface area contributed by atoms with Crippen molar-refractivity contribution in [2.75, 3.05) is 19.1 Å². The number of halogens is 1. The minimum Gasteiger partial charge on any atom is -0.507 e. The summed E-state index contributed by atoms with van der Waals surface area (Å²) in [7, 11) is 3.15. The number of nitrogens with zero attached hydrogens (tertiary/aromatic N) is 1. The van der Waals surface area contributed by atoms with Crippen LogP contribution in [-0.2, 0) is 9.59 Å². The quantitative estimate of drug-likeness (QED) is 0.238. The van der Waals surface area contributed by atoms with E-state index in [0.29, 0.717) is 33.3 Å².